The van der Waals surface area contributed by atoms with E-state index in [4.69, 9.17) is 0 Å². The fourth-order valence-corrected chi connectivity index (χ4v) is 2.67. The minimum atomic E-state index is -0.219. The van der Waals surface area contributed by atoms with Crippen LogP contribution < -0.4 is 10.6 Å². The zero-order valence-corrected chi connectivity index (χ0v) is 14.9. The first-order chi connectivity index (χ1) is 12.6. The molecule has 0 radical (unpaired) electrons. The summed E-state index contributed by atoms with van der Waals surface area (Å²) in [6.07, 6.45) is 5.19. The molecule has 0 saturated carbocycles. The molecule has 0 unspecified atom stereocenters. The van der Waals surface area contributed by atoms with E-state index in [1.54, 1.807) is 18.5 Å². The van der Waals surface area contributed by atoms with Crippen LogP contribution in [0.5, 0.6) is 0 Å². The Morgan fingerprint density at radius 2 is 1.92 bits per heavy atom. The number of carbonyl (C=O) groups excluding carboxylic acids is 1. The molecule has 0 fully saturated rings. The quantitative estimate of drug-likeness (QED) is 0.691. The van der Waals surface area contributed by atoms with Crippen LogP contribution in [0.3, 0.4) is 0 Å². The molecule has 0 aliphatic heterocycles. The third-order valence-corrected chi connectivity index (χ3v) is 4.04. The van der Waals surface area contributed by atoms with Crippen LogP contribution in [0.2, 0.25) is 0 Å². The van der Waals surface area contributed by atoms with E-state index >= 15 is 0 Å². The molecule has 5 nitrogen and oxygen atoms in total. The second kappa shape index (κ2) is 8.25. The second-order valence-corrected chi connectivity index (χ2v) is 6.34. The number of rotatable bonds is 6. The SMILES string of the molecule is CC(C)c1ccccc1NC(=O)c1cc(NCc2cccnc2)ccn1. The van der Waals surface area contributed by atoms with Gasteiger partial charge in [-0.2, -0.15) is 0 Å². The molecule has 2 aromatic heterocycles. The number of anilines is 2. The van der Waals surface area contributed by atoms with Crippen LogP contribution in [0.4, 0.5) is 11.4 Å². The van der Waals surface area contributed by atoms with Crippen molar-refractivity contribution < 1.29 is 4.79 Å². The Bertz CT molecular complexity index is 878. The van der Waals surface area contributed by atoms with Crippen molar-refractivity contribution in [1.29, 1.82) is 0 Å². The summed E-state index contributed by atoms with van der Waals surface area (Å²) in [5, 5.41) is 6.26. The van der Waals surface area contributed by atoms with Crippen molar-refractivity contribution in [2.75, 3.05) is 10.6 Å². The lowest BCUT2D eigenvalue weighted by Gasteiger charge is -2.13. The van der Waals surface area contributed by atoms with Crippen LogP contribution in [-0.2, 0) is 6.54 Å². The van der Waals surface area contributed by atoms with Gasteiger partial charge in [0.15, 0.2) is 0 Å². The summed E-state index contributed by atoms with van der Waals surface area (Å²) in [6.45, 7) is 4.84. The first-order valence-corrected chi connectivity index (χ1v) is 8.62. The highest BCUT2D eigenvalue weighted by atomic mass is 16.1. The summed E-state index contributed by atoms with van der Waals surface area (Å²) in [4.78, 5) is 20.9. The summed E-state index contributed by atoms with van der Waals surface area (Å²) < 4.78 is 0. The minimum Gasteiger partial charge on any atom is -0.381 e. The number of benzene rings is 1. The molecule has 0 spiro atoms. The lowest BCUT2D eigenvalue weighted by Crippen LogP contribution is -2.15. The number of carbonyl (C=O) groups is 1. The van der Waals surface area contributed by atoms with E-state index in [2.05, 4.69) is 34.4 Å². The van der Waals surface area contributed by atoms with Crippen molar-refractivity contribution in [3.8, 4) is 0 Å². The van der Waals surface area contributed by atoms with Gasteiger partial charge in [0.25, 0.3) is 5.91 Å². The number of nitrogens with zero attached hydrogens (tertiary/aromatic N) is 2. The van der Waals surface area contributed by atoms with Crippen molar-refractivity contribution in [1.82, 2.24) is 9.97 Å². The van der Waals surface area contributed by atoms with Crippen LogP contribution in [0, 0.1) is 0 Å². The highest BCUT2D eigenvalue weighted by Gasteiger charge is 2.12. The summed E-state index contributed by atoms with van der Waals surface area (Å²) in [5.41, 5.74) is 4.21. The van der Waals surface area contributed by atoms with E-state index < -0.39 is 0 Å². The molecule has 1 aromatic carbocycles. The average Bonchev–Trinajstić information content (AvgIpc) is 2.67. The molecule has 2 N–H and O–H groups in total. The summed E-state index contributed by atoms with van der Waals surface area (Å²) in [6, 6.07) is 15.3. The van der Waals surface area contributed by atoms with E-state index in [1.165, 1.54) is 0 Å². The highest BCUT2D eigenvalue weighted by Crippen LogP contribution is 2.24. The Labute approximate surface area is 153 Å². The van der Waals surface area contributed by atoms with Gasteiger partial charge in [0.05, 0.1) is 0 Å². The lowest BCUT2D eigenvalue weighted by atomic mass is 10.0. The second-order valence-electron chi connectivity index (χ2n) is 6.34. The van der Waals surface area contributed by atoms with Gasteiger partial charge in [-0.15, -0.1) is 0 Å². The number of nitrogens with one attached hydrogen (secondary N) is 2. The molecule has 2 heterocycles. The van der Waals surface area contributed by atoms with Gasteiger partial charge in [0.1, 0.15) is 5.69 Å². The molecule has 5 heteroatoms. The molecule has 0 aliphatic rings. The molecule has 0 atom stereocenters. The van der Waals surface area contributed by atoms with Crippen LogP contribution in [-0.4, -0.2) is 15.9 Å². The van der Waals surface area contributed by atoms with Crippen LogP contribution in [0.15, 0.2) is 67.1 Å². The molecule has 132 valence electrons. The number of hydrogen-bond acceptors (Lipinski definition) is 4. The zero-order chi connectivity index (χ0) is 18.4. The Morgan fingerprint density at radius 3 is 2.69 bits per heavy atom. The van der Waals surface area contributed by atoms with E-state index in [0.717, 1.165) is 22.5 Å². The summed E-state index contributed by atoms with van der Waals surface area (Å²) in [5.74, 6) is 0.107. The topological polar surface area (TPSA) is 66.9 Å². The first-order valence-electron chi connectivity index (χ1n) is 8.62. The van der Waals surface area contributed by atoms with Gasteiger partial charge >= 0.3 is 0 Å². The number of pyridine rings is 2. The Morgan fingerprint density at radius 1 is 1.08 bits per heavy atom. The van der Waals surface area contributed by atoms with Gasteiger partial charge in [0, 0.05) is 36.5 Å². The first kappa shape index (κ1) is 17.6. The maximum absolute atomic E-state index is 12.6. The molecular formula is C21H22N4O. The maximum Gasteiger partial charge on any atom is 0.274 e. The largest absolute Gasteiger partial charge is 0.381 e. The highest BCUT2D eigenvalue weighted by molar-refractivity contribution is 6.03. The van der Waals surface area contributed by atoms with Crippen molar-refractivity contribution in [2.24, 2.45) is 0 Å². The third-order valence-electron chi connectivity index (χ3n) is 4.04. The van der Waals surface area contributed by atoms with Gasteiger partial charge in [-0.3, -0.25) is 14.8 Å². The van der Waals surface area contributed by atoms with Crippen molar-refractivity contribution >= 4 is 17.3 Å². The Kier molecular flexibility index (Phi) is 5.59. The van der Waals surface area contributed by atoms with E-state index in [9.17, 15) is 4.79 Å². The molecule has 3 aromatic rings. The number of hydrogen-bond donors (Lipinski definition) is 2. The standard InChI is InChI=1S/C21H22N4O/c1-15(2)18-7-3-4-8-19(18)25-21(26)20-12-17(9-11-23-20)24-14-16-6-5-10-22-13-16/h3-13,15H,14H2,1-2H3,(H,23,24)(H,25,26). The fourth-order valence-electron chi connectivity index (χ4n) is 2.67. The number of aromatic nitrogens is 2. The molecule has 0 saturated heterocycles. The van der Waals surface area contributed by atoms with E-state index in [0.29, 0.717) is 18.2 Å². The molecule has 3 rings (SSSR count). The predicted octanol–water partition coefficient (Wildman–Crippen LogP) is 4.46. The predicted molar refractivity (Wildman–Crippen MR) is 104 cm³/mol. The maximum atomic E-state index is 12.6. The molecule has 0 aliphatic carbocycles. The third kappa shape index (κ3) is 4.45. The van der Waals surface area contributed by atoms with Crippen LogP contribution in [0.25, 0.3) is 0 Å². The van der Waals surface area contributed by atoms with Crippen molar-refractivity contribution in [2.45, 2.75) is 26.3 Å². The molecular weight excluding hydrogens is 324 g/mol. The summed E-state index contributed by atoms with van der Waals surface area (Å²) >= 11 is 0. The minimum absolute atomic E-state index is 0.219. The number of para-hydroxylation sites is 1. The lowest BCUT2D eigenvalue weighted by molar-refractivity contribution is 0.102. The van der Waals surface area contributed by atoms with E-state index in [-0.39, 0.29) is 5.91 Å². The monoisotopic (exact) mass is 346 g/mol. The van der Waals surface area contributed by atoms with Crippen molar-refractivity contribution in [3.05, 3.63) is 83.9 Å². The zero-order valence-electron chi connectivity index (χ0n) is 14.9. The smallest absolute Gasteiger partial charge is 0.274 e. The molecule has 26 heavy (non-hydrogen) atoms. The Balaban J connectivity index is 1.70. The normalized spacial score (nSPS) is 10.6. The van der Waals surface area contributed by atoms with Gasteiger partial charge < -0.3 is 10.6 Å². The molecule has 1 amide bonds. The Hall–Kier alpha value is -3.21. The van der Waals surface area contributed by atoms with Gasteiger partial charge in [-0.1, -0.05) is 38.1 Å². The van der Waals surface area contributed by atoms with Crippen LogP contribution in [0.1, 0.15) is 41.4 Å². The number of amides is 1. The van der Waals surface area contributed by atoms with Gasteiger partial charge in [0.2, 0.25) is 0 Å². The van der Waals surface area contributed by atoms with Crippen molar-refractivity contribution in [3.63, 3.8) is 0 Å². The van der Waals surface area contributed by atoms with Gasteiger partial charge in [-0.25, -0.2) is 0 Å². The van der Waals surface area contributed by atoms with E-state index in [1.807, 2.05) is 48.7 Å². The summed E-state index contributed by atoms with van der Waals surface area (Å²) in [7, 11) is 0. The van der Waals surface area contributed by atoms with Crippen LogP contribution >= 0.6 is 0 Å². The van der Waals surface area contributed by atoms with Gasteiger partial charge in [-0.05, 0) is 41.3 Å². The fraction of sp³-hybridized carbons (Fsp3) is 0.190. The molecule has 0 bridgehead atoms. The average molecular weight is 346 g/mol.